The number of hydrogen-bond acceptors (Lipinski definition) is 6. The topological polar surface area (TPSA) is 51.2 Å². The van der Waals surface area contributed by atoms with E-state index in [0.29, 0.717) is 13.2 Å². The van der Waals surface area contributed by atoms with E-state index in [1.54, 1.807) is 13.8 Å². The molecule has 0 aromatic heterocycles. The monoisotopic (exact) mass is 390 g/mol. The van der Waals surface area contributed by atoms with E-state index in [4.69, 9.17) is 13.6 Å². The fourth-order valence-electron chi connectivity index (χ4n) is 3.03. The zero-order chi connectivity index (χ0) is 19.3. The van der Waals surface area contributed by atoms with E-state index in [0.717, 1.165) is 13.0 Å². The molecule has 0 saturated heterocycles. The Balaban J connectivity index is 2.30. The molecule has 0 spiro atoms. The van der Waals surface area contributed by atoms with Crippen molar-refractivity contribution in [2.45, 2.75) is 84.9 Å². The molecule has 7 heteroatoms. The molecule has 0 radical (unpaired) electrons. The van der Waals surface area contributed by atoms with Crippen LogP contribution in [-0.4, -0.2) is 43.0 Å². The highest BCUT2D eigenvalue weighted by molar-refractivity contribution is 7.48. The summed E-state index contributed by atoms with van der Waals surface area (Å²) in [6, 6.07) is 0. The third-order valence-corrected chi connectivity index (χ3v) is 6.04. The molecule has 0 aliphatic carbocycles. The van der Waals surface area contributed by atoms with Gasteiger partial charge in [-0.3, -0.25) is 9.05 Å². The van der Waals surface area contributed by atoms with Crippen molar-refractivity contribution < 1.29 is 18.1 Å². The first-order valence-electron chi connectivity index (χ1n) is 10.3. The fraction of sp³-hybridized carbons (Fsp3) is 0.895. The minimum atomic E-state index is -3.53. The van der Waals surface area contributed by atoms with Crippen molar-refractivity contribution in [3.63, 3.8) is 0 Å². The van der Waals surface area contributed by atoms with E-state index >= 15 is 0 Å². The van der Waals surface area contributed by atoms with Gasteiger partial charge >= 0.3 is 7.82 Å². The molecule has 0 N–H and O–H groups in total. The lowest BCUT2D eigenvalue weighted by atomic mass is 10.1. The third-order valence-electron chi connectivity index (χ3n) is 4.44. The molecule has 1 rings (SSSR count). The summed E-state index contributed by atoms with van der Waals surface area (Å²) in [4.78, 5) is 3.95. The first kappa shape index (κ1) is 23.5. The molecule has 0 aromatic rings. The van der Waals surface area contributed by atoms with Crippen LogP contribution in [0.4, 0.5) is 0 Å². The van der Waals surface area contributed by atoms with Crippen molar-refractivity contribution in [1.82, 2.24) is 9.80 Å². The Morgan fingerprint density at radius 2 is 1.38 bits per heavy atom. The maximum Gasteiger partial charge on any atom is 0.478 e. The molecule has 1 aliphatic rings. The van der Waals surface area contributed by atoms with Gasteiger partial charge in [0.2, 0.25) is 6.35 Å². The van der Waals surface area contributed by atoms with Crippen LogP contribution in [0.3, 0.4) is 0 Å². The Morgan fingerprint density at radius 1 is 0.846 bits per heavy atom. The van der Waals surface area contributed by atoms with Gasteiger partial charge in [-0.25, -0.2) is 9.09 Å². The summed E-state index contributed by atoms with van der Waals surface area (Å²) in [5.74, 6) is 0. The second-order valence-electron chi connectivity index (χ2n) is 6.74. The highest BCUT2D eigenvalue weighted by Gasteiger charge is 2.35. The second kappa shape index (κ2) is 13.6. The quantitative estimate of drug-likeness (QED) is 0.248. The first-order valence-corrected chi connectivity index (χ1v) is 11.8. The number of phosphoric acid groups is 1. The Bertz CT molecular complexity index is 424. The van der Waals surface area contributed by atoms with Crippen LogP contribution in [0.5, 0.6) is 0 Å². The lowest BCUT2D eigenvalue weighted by molar-refractivity contribution is -0.0448. The Morgan fingerprint density at radius 3 is 1.92 bits per heavy atom. The normalized spacial score (nSPS) is 17.5. The lowest BCUT2D eigenvalue weighted by Gasteiger charge is -2.32. The molecule has 0 aromatic carbocycles. The SMILES string of the molecule is CCCCCCCCCCCN1C=CN(C)C1OP(=O)(OCC)OCC. The number of nitrogens with zero attached hydrogens (tertiary/aromatic N) is 2. The molecular formula is C19H39N2O4P. The van der Waals surface area contributed by atoms with E-state index < -0.39 is 14.2 Å². The predicted molar refractivity (Wildman–Crippen MR) is 107 cm³/mol. The Hall–Kier alpha value is -0.550. The van der Waals surface area contributed by atoms with Crippen LogP contribution in [-0.2, 0) is 18.1 Å². The van der Waals surface area contributed by atoms with Crippen LogP contribution in [0.1, 0.15) is 78.6 Å². The van der Waals surface area contributed by atoms with Gasteiger partial charge in [0, 0.05) is 26.0 Å². The molecule has 0 bridgehead atoms. The minimum absolute atomic E-state index is 0.291. The van der Waals surface area contributed by atoms with Crippen LogP contribution < -0.4 is 0 Å². The van der Waals surface area contributed by atoms with Crippen molar-refractivity contribution >= 4 is 7.82 Å². The molecule has 0 fully saturated rings. The van der Waals surface area contributed by atoms with Gasteiger partial charge in [0.05, 0.1) is 13.2 Å². The molecule has 1 unspecified atom stereocenters. The zero-order valence-electron chi connectivity index (χ0n) is 17.2. The summed E-state index contributed by atoms with van der Waals surface area (Å²) in [6.07, 6.45) is 15.2. The van der Waals surface area contributed by atoms with E-state index in [2.05, 4.69) is 11.8 Å². The van der Waals surface area contributed by atoms with Crippen LogP contribution in [0.15, 0.2) is 12.4 Å². The van der Waals surface area contributed by atoms with Gasteiger partial charge in [-0.2, -0.15) is 0 Å². The van der Waals surface area contributed by atoms with Crippen molar-refractivity contribution in [2.75, 3.05) is 26.8 Å². The van der Waals surface area contributed by atoms with Crippen molar-refractivity contribution in [1.29, 1.82) is 0 Å². The first-order chi connectivity index (χ1) is 12.6. The average molecular weight is 391 g/mol. The largest absolute Gasteiger partial charge is 0.478 e. The summed E-state index contributed by atoms with van der Waals surface area (Å²) in [5.41, 5.74) is 0. The summed E-state index contributed by atoms with van der Waals surface area (Å²) >= 11 is 0. The number of hydrogen-bond donors (Lipinski definition) is 0. The molecule has 6 nitrogen and oxygen atoms in total. The van der Waals surface area contributed by atoms with Crippen molar-refractivity contribution in [3.05, 3.63) is 12.4 Å². The fourth-order valence-corrected chi connectivity index (χ4v) is 4.36. The van der Waals surface area contributed by atoms with Crippen LogP contribution >= 0.6 is 7.82 Å². The Labute approximate surface area is 160 Å². The summed E-state index contributed by atoms with van der Waals surface area (Å²) in [6.45, 7) is 7.28. The van der Waals surface area contributed by atoms with E-state index in [1.807, 2.05) is 24.3 Å². The third kappa shape index (κ3) is 8.90. The van der Waals surface area contributed by atoms with Gasteiger partial charge in [0.15, 0.2) is 0 Å². The maximum absolute atomic E-state index is 12.6. The van der Waals surface area contributed by atoms with E-state index in [-0.39, 0.29) is 0 Å². The van der Waals surface area contributed by atoms with Gasteiger partial charge in [-0.15, -0.1) is 0 Å². The summed E-state index contributed by atoms with van der Waals surface area (Å²) in [5, 5.41) is 0. The van der Waals surface area contributed by atoms with Gasteiger partial charge < -0.3 is 9.80 Å². The van der Waals surface area contributed by atoms with Crippen LogP contribution in [0, 0.1) is 0 Å². The van der Waals surface area contributed by atoms with Crippen LogP contribution in [0.25, 0.3) is 0 Å². The molecule has 0 amide bonds. The van der Waals surface area contributed by atoms with E-state index in [9.17, 15) is 4.57 Å². The predicted octanol–water partition coefficient (Wildman–Crippen LogP) is 5.72. The highest BCUT2D eigenvalue weighted by atomic mass is 31.2. The van der Waals surface area contributed by atoms with Crippen molar-refractivity contribution in [3.8, 4) is 0 Å². The maximum atomic E-state index is 12.6. The smallest absolute Gasteiger partial charge is 0.337 e. The zero-order valence-corrected chi connectivity index (χ0v) is 18.1. The Kier molecular flexibility index (Phi) is 12.3. The van der Waals surface area contributed by atoms with Gasteiger partial charge in [-0.05, 0) is 20.3 Å². The molecule has 154 valence electrons. The molecule has 0 saturated carbocycles. The highest BCUT2D eigenvalue weighted by Crippen LogP contribution is 2.51. The van der Waals surface area contributed by atoms with Crippen LogP contribution in [0.2, 0.25) is 0 Å². The standard InChI is InChI=1S/C19H39N2O4P/c1-5-8-9-10-11-12-13-14-15-16-21-18-17-20(4)19(21)25-26(22,23-6-2)24-7-3/h17-19H,5-16H2,1-4H3. The molecular weight excluding hydrogens is 351 g/mol. The van der Waals surface area contributed by atoms with Gasteiger partial charge in [0.1, 0.15) is 0 Å². The average Bonchev–Trinajstić information content (AvgIpc) is 2.94. The molecule has 26 heavy (non-hydrogen) atoms. The van der Waals surface area contributed by atoms with E-state index in [1.165, 1.54) is 51.4 Å². The van der Waals surface area contributed by atoms with Crippen molar-refractivity contribution in [2.24, 2.45) is 0 Å². The summed E-state index contributed by atoms with van der Waals surface area (Å²) < 4.78 is 28.9. The number of phosphoric ester groups is 1. The summed E-state index contributed by atoms with van der Waals surface area (Å²) in [7, 11) is -1.63. The second-order valence-corrected chi connectivity index (χ2v) is 8.37. The number of rotatable bonds is 16. The molecule has 1 aliphatic heterocycles. The molecule has 1 heterocycles. The molecule has 1 atom stereocenters. The van der Waals surface area contributed by atoms with Gasteiger partial charge in [0.25, 0.3) is 0 Å². The minimum Gasteiger partial charge on any atom is -0.337 e. The number of unbranched alkanes of at least 4 members (excludes halogenated alkanes) is 8. The lowest BCUT2D eigenvalue weighted by Crippen LogP contribution is -2.39. The van der Waals surface area contributed by atoms with Gasteiger partial charge in [-0.1, -0.05) is 58.3 Å².